The van der Waals surface area contributed by atoms with Crippen molar-refractivity contribution in [1.29, 1.82) is 0 Å². The number of aromatic nitrogens is 1. The van der Waals surface area contributed by atoms with E-state index in [1.54, 1.807) is 24.3 Å². The van der Waals surface area contributed by atoms with Crippen molar-refractivity contribution in [1.82, 2.24) is 9.29 Å². The molecule has 1 aliphatic heterocycles. The smallest absolute Gasteiger partial charge is 0.336 e. The zero-order valence-corrected chi connectivity index (χ0v) is 19.4. The van der Waals surface area contributed by atoms with Crippen LogP contribution in [0.4, 0.5) is 0 Å². The lowest BCUT2D eigenvalue weighted by atomic mass is 10.0. The SMILES string of the molecule is COc1ccc(-c2cc(C(=O)O)c3cc(S(=O)(=O)N4CCCCCC4)ccc3n2)cc1OC. The Morgan fingerprint density at radius 3 is 2.27 bits per heavy atom. The van der Waals surface area contributed by atoms with Crippen LogP contribution in [0.1, 0.15) is 36.0 Å². The standard InChI is InChI=1S/C24H26N2O6S/c1-31-22-10-7-16(13-23(22)32-2)21-15-19(24(27)28)18-14-17(8-9-20(18)25-21)33(29,30)26-11-5-3-4-6-12-26/h7-10,13-15H,3-6,11-12H2,1-2H3,(H,27,28). The van der Waals surface area contributed by atoms with Gasteiger partial charge in [-0.3, -0.25) is 0 Å². The van der Waals surface area contributed by atoms with Gasteiger partial charge in [-0.2, -0.15) is 4.31 Å². The Hall–Kier alpha value is -3.17. The van der Waals surface area contributed by atoms with Gasteiger partial charge in [0.15, 0.2) is 11.5 Å². The molecule has 0 radical (unpaired) electrons. The average molecular weight is 471 g/mol. The summed E-state index contributed by atoms with van der Waals surface area (Å²) < 4.78 is 38.5. The molecular formula is C24H26N2O6S. The summed E-state index contributed by atoms with van der Waals surface area (Å²) in [7, 11) is -0.664. The Balaban J connectivity index is 1.82. The predicted octanol–water partition coefficient (Wildman–Crippen LogP) is 4.18. The number of aromatic carboxylic acids is 1. The number of carbonyl (C=O) groups is 1. The van der Waals surface area contributed by atoms with Crippen LogP contribution in [0.25, 0.3) is 22.2 Å². The number of ether oxygens (including phenoxy) is 2. The molecule has 0 amide bonds. The van der Waals surface area contributed by atoms with E-state index in [9.17, 15) is 18.3 Å². The van der Waals surface area contributed by atoms with E-state index in [1.807, 2.05) is 0 Å². The van der Waals surface area contributed by atoms with Gasteiger partial charge < -0.3 is 14.6 Å². The molecule has 174 valence electrons. The Bertz CT molecular complexity index is 1300. The van der Waals surface area contributed by atoms with E-state index in [0.717, 1.165) is 25.7 Å². The van der Waals surface area contributed by atoms with E-state index >= 15 is 0 Å². The van der Waals surface area contributed by atoms with Gasteiger partial charge in [0.1, 0.15) is 0 Å². The fourth-order valence-corrected chi connectivity index (χ4v) is 5.66. The van der Waals surface area contributed by atoms with E-state index in [-0.39, 0.29) is 15.8 Å². The topological polar surface area (TPSA) is 106 Å². The monoisotopic (exact) mass is 470 g/mol. The molecule has 2 heterocycles. The molecule has 0 atom stereocenters. The van der Waals surface area contributed by atoms with Crippen LogP contribution in [-0.2, 0) is 10.0 Å². The summed E-state index contributed by atoms with van der Waals surface area (Å²) in [6.07, 6.45) is 3.67. The summed E-state index contributed by atoms with van der Waals surface area (Å²) in [5.74, 6) is -0.120. The molecule has 9 heteroatoms. The van der Waals surface area contributed by atoms with Crippen molar-refractivity contribution in [2.24, 2.45) is 0 Å². The molecule has 0 bridgehead atoms. The highest BCUT2D eigenvalue weighted by atomic mass is 32.2. The molecule has 0 unspecified atom stereocenters. The first-order chi connectivity index (χ1) is 15.8. The number of carboxylic acids is 1. The maximum absolute atomic E-state index is 13.2. The Kier molecular flexibility index (Phi) is 6.53. The van der Waals surface area contributed by atoms with Gasteiger partial charge in [0.05, 0.1) is 35.9 Å². The van der Waals surface area contributed by atoms with Gasteiger partial charge in [0.25, 0.3) is 0 Å². The van der Waals surface area contributed by atoms with Crippen LogP contribution in [0.3, 0.4) is 0 Å². The van der Waals surface area contributed by atoms with Crippen LogP contribution < -0.4 is 9.47 Å². The van der Waals surface area contributed by atoms with E-state index in [0.29, 0.717) is 41.4 Å². The fourth-order valence-electron chi connectivity index (χ4n) is 4.12. The molecule has 1 aromatic heterocycles. The number of rotatable bonds is 6. The van der Waals surface area contributed by atoms with Gasteiger partial charge in [-0.1, -0.05) is 12.8 Å². The highest BCUT2D eigenvalue weighted by Gasteiger charge is 2.26. The van der Waals surface area contributed by atoms with E-state index < -0.39 is 16.0 Å². The number of benzene rings is 2. The van der Waals surface area contributed by atoms with Crippen LogP contribution in [0.5, 0.6) is 11.5 Å². The first kappa shape index (κ1) is 23.0. The molecule has 4 rings (SSSR count). The number of pyridine rings is 1. The number of hydrogen-bond donors (Lipinski definition) is 1. The molecular weight excluding hydrogens is 444 g/mol. The van der Waals surface area contributed by atoms with Crippen molar-refractivity contribution in [2.75, 3.05) is 27.3 Å². The largest absolute Gasteiger partial charge is 0.493 e. The maximum Gasteiger partial charge on any atom is 0.336 e. The number of nitrogens with zero attached hydrogens (tertiary/aromatic N) is 2. The van der Waals surface area contributed by atoms with Gasteiger partial charge in [-0.15, -0.1) is 0 Å². The molecule has 0 spiro atoms. The van der Waals surface area contributed by atoms with Gasteiger partial charge in [0, 0.05) is 24.0 Å². The Morgan fingerprint density at radius 2 is 1.64 bits per heavy atom. The predicted molar refractivity (Wildman–Crippen MR) is 124 cm³/mol. The summed E-state index contributed by atoms with van der Waals surface area (Å²) in [6, 6.07) is 11.1. The van der Waals surface area contributed by atoms with Gasteiger partial charge in [-0.05, 0) is 55.3 Å². The van der Waals surface area contributed by atoms with E-state index in [2.05, 4.69) is 4.98 Å². The van der Waals surface area contributed by atoms with Crippen molar-refractivity contribution >= 4 is 26.9 Å². The highest BCUT2D eigenvalue weighted by molar-refractivity contribution is 7.89. The lowest BCUT2D eigenvalue weighted by Crippen LogP contribution is -2.31. The molecule has 1 N–H and O–H groups in total. The van der Waals surface area contributed by atoms with Crippen LogP contribution in [-0.4, -0.2) is 56.1 Å². The molecule has 3 aromatic rings. The Labute approximate surface area is 192 Å². The minimum Gasteiger partial charge on any atom is -0.493 e. The lowest BCUT2D eigenvalue weighted by molar-refractivity contribution is 0.0699. The molecule has 0 aliphatic carbocycles. The number of hydrogen-bond acceptors (Lipinski definition) is 6. The first-order valence-electron chi connectivity index (χ1n) is 10.8. The van der Waals surface area contributed by atoms with E-state index in [4.69, 9.17) is 9.47 Å². The van der Waals surface area contributed by atoms with Crippen molar-refractivity contribution in [3.63, 3.8) is 0 Å². The minimum absolute atomic E-state index is 0.0160. The number of sulfonamides is 1. The summed E-state index contributed by atoms with van der Waals surface area (Å²) in [6.45, 7) is 0.950. The number of carboxylic acid groups (broad SMARTS) is 1. The van der Waals surface area contributed by atoms with Gasteiger partial charge in [-0.25, -0.2) is 18.2 Å². The first-order valence-corrected chi connectivity index (χ1v) is 12.2. The third-order valence-electron chi connectivity index (χ3n) is 5.89. The molecule has 1 fully saturated rings. The van der Waals surface area contributed by atoms with Crippen molar-refractivity contribution in [3.8, 4) is 22.8 Å². The molecule has 8 nitrogen and oxygen atoms in total. The van der Waals surface area contributed by atoms with E-state index in [1.165, 1.54) is 36.7 Å². The molecule has 0 saturated carbocycles. The zero-order valence-electron chi connectivity index (χ0n) is 18.6. The fraction of sp³-hybridized carbons (Fsp3) is 0.333. The number of fused-ring (bicyclic) bond motifs is 1. The van der Waals surface area contributed by atoms with Crippen LogP contribution in [0.15, 0.2) is 47.4 Å². The number of methoxy groups -OCH3 is 2. The Morgan fingerprint density at radius 1 is 0.939 bits per heavy atom. The lowest BCUT2D eigenvalue weighted by Gasteiger charge is -2.20. The molecule has 2 aromatic carbocycles. The van der Waals surface area contributed by atoms with Gasteiger partial charge >= 0.3 is 5.97 Å². The summed E-state index contributed by atoms with van der Waals surface area (Å²) >= 11 is 0. The summed E-state index contributed by atoms with van der Waals surface area (Å²) in [4.78, 5) is 16.8. The molecule has 1 aliphatic rings. The highest BCUT2D eigenvalue weighted by Crippen LogP contribution is 2.34. The van der Waals surface area contributed by atoms with Crippen molar-refractivity contribution in [3.05, 3.63) is 48.0 Å². The van der Waals surface area contributed by atoms with Crippen LogP contribution in [0.2, 0.25) is 0 Å². The van der Waals surface area contributed by atoms with Gasteiger partial charge in [0.2, 0.25) is 10.0 Å². The third kappa shape index (κ3) is 4.51. The minimum atomic E-state index is -3.72. The third-order valence-corrected chi connectivity index (χ3v) is 7.79. The second kappa shape index (κ2) is 9.36. The average Bonchev–Trinajstić information content (AvgIpc) is 3.12. The van der Waals surface area contributed by atoms with Crippen molar-refractivity contribution < 1.29 is 27.8 Å². The van der Waals surface area contributed by atoms with Crippen molar-refractivity contribution in [2.45, 2.75) is 30.6 Å². The summed E-state index contributed by atoms with van der Waals surface area (Å²) in [5.41, 5.74) is 1.47. The van der Waals surface area contributed by atoms with Crippen LogP contribution >= 0.6 is 0 Å². The zero-order chi connectivity index (χ0) is 23.6. The molecule has 33 heavy (non-hydrogen) atoms. The van der Waals surface area contributed by atoms with Crippen LogP contribution in [0, 0.1) is 0 Å². The second-order valence-corrected chi connectivity index (χ2v) is 9.87. The summed E-state index contributed by atoms with van der Waals surface area (Å²) in [5, 5.41) is 10.2. The molecule has 1 saturated heterocycles. The maximum atomic E-state index is 13.2. The quantitative estimate of drug-likeness (QED) is 0.576. The second-order valence-electron chi connectivity index (χ2n) is 7.93. The normalized spacial score (nSPS) is 15.2.